The van der Waals surface area contributed by atoms with Crippen molar-refractivity contribution >= 4 is 23.4 Å². The van der Waals surface area contributed by atoms with Crippen molar-refractivity contribution in [2.75, 3.05) is 11.1 Å². The van der Waals surface area contributed by atoms with Crippen LogP contribution >= 0.6 is 11.8 Å². The van der Waals surface area contributed by atoms with Gasteiger partial charge in [-0.3, -0.25) is 4.79 Å². The van der Waals surface area contributed by atoms with E-state index in [0.29, 0.717) is 10.5 Å². The van der Waals surface area contributed by atoms with Crippen molar-refractivity contribution in [3.05, 3.63) is 53.6 Å². The molecule has 1 aromatic heterocycles. The fourth-order valence-electron chi connectivity index (χ4n) is 1.66. The Morgan fingerprint density at radius 1 is 1.35 bits per heavy atom. The third-order valence-electron chi connectivity index (χ3n) is 2.68. The monoisotopic (exact) mass is 337 g/mol. The quantitative estimate of drug-likeness (QED) is 0.845. The molecular formula is C15H10F3N3OS. The summed E-state index contributed by atoms with van der Waals surface area (Å²) in [4.78, 5) is 16.2. The first-order chi connectivity index (χ1) is 11.0. The van der Waals surface area contributed by atoms with E-state index in [1.54, 1.807) is 0 Å². The van der Waals surface area contributed by atoms with E-state index < -0.39 is 23.9 Å². The molecule has 1 N–H and O–H groups in total. The van der Waals surface area contributed by atoms with Crippen LogP contribution in [-0.4, -0.2) is 23.1 Å². The molecule has 1 heterocycles. The van der Waals surface area contributed by atoms with E-state index in [0.717, 1.165) is 23.9 Å². The third kappa shape index (κ3) is 4.72. The zero-order chi connectivity index (χ0) is 16.8. The standard InChI is InChI=1S/C15H10F3N3OS/c16-10-2-4-13(23-8-14(17)18)12(5-10)21-15(22)11-3-1-9(6-19)7-20-11/h1-5,7,14H,8H2,(H,21,22). The summed E-state index contributed by atoms with van der Waals surface area (Å²) in [5, 5.41) is 11.1. The van der Waals surface area contributed by atoms with Gasteiger partial charge in [0.15, 0.2) is 0 Å². The number of halogens is 3. The summed E-state index contributed by atoms with van der Waals surface area (Å²) in [6, 6.07) is 8.13. The molecule has 0 aliphatic rings. The average molecular weight is 337 g/mol. The van der Waals surface area contributed by atoms with Gasteiger partial charge in [-0.25, -0.2) is 18.2 Å². The number of thioether (sulfide) groups is 1. The highest BCUT2D eigenvalue weighted by Crippen LogP contribution is 2.29. The maximum Gasteiger partial charge on any atom is 0.274 e. The zero-order valence-corrected chi connectivity index (χ0v) is 12.4. The fourth-order valence-corrected chi connectivity index (χ4v) is 2.39. The van der Waals surface area contributed by atoms with E-state index in [1.807, 2.05) is 6.07 Å². The van der Waals surface area contributed by atoms with Gasteiger partial charge in [0.05, 0.1) is 17.0 Å². The molecule has 0 aliphatic heterocycles. The van der Waals surface area contributed by atoms with E-state index in [9.17, 15) is 18.0 Å². The number of amides is 1. The van der Waals surface area contributed by atoms with Gasteiger partial charge in [-0.15, -0.1) is 11.8 Å². The van der Waals surface area contributed by atoms with Gasteiger partial charge in [0.2, 0.25) is 6.43 Å². The van der Waals surface area contributed by atoms with Crippen LogP contribution in [0.4, 0.5) is 18.9 Å². The Balaban J connectivity index is 2.18. The minimum atomic E-state index is -2.52. The molecule has 8 heteroatoms. The number of carbonyl (C=O) groups excluding carboxylic acids is 1. The number of nitriles is 1. The van der Waals surface area contributed by atoms with Crippen LogP contribution in [0.5, 0.6) is 0 Å². The normalized spacial score (nSPS) is 10.4. The second kappa shape index (κ2) is 7.65. The first kappa shape index (κ1) is 16.8. The SMILES string of the molecule is N#Cc1ccc(C(=O)Nc2cc(F)ccc2SCC(F)F)nc1. The van der Waals surface area contributed by atoms with Crippen molar-refractivity contribution in [3.63, 3.8) is 0 Å². The summed E-state index contributed by atoms with van der Waals surface area (Å²) in [7, 11) is 0. The lowest BCUT2D eigenvalue weighted by atomic mass is 10.2. The second-order valence-electron chi connectivity index (χ2n) is 4.34. The van der Waals surface area contributed by atoms with Crippen molar-refractivity contribution in [2.24, 2.45) is 0 Å². The smallest absolute Gasteiger partial charge is 0.274 e. The molecule has 23 heavy (non-hydrogen) atoms. The van der Waals surface area contributed by atoms with Crippen LogP contribution in [0.15, 0.2) is 41.4 Å². The first-order valence-electron chi connectivity index (χ1n) is 6.37. The summed E-state index contributed by atoms with van der Waals surface area (Å²) in [5.74, 6) is -1.70. The van der Waals surface area contributed by atoms with E-state index in [2.05, 4.69) is 10.3 Å². The number of hydrogen-bond donors (Lipinski definition) is 1. The van der Waals surface area contributed by atoms with Crippen molar-refractivity contribution in [1.29, 1.82) is 5.26 Å². The van der Waals surface area contributed by atoms with Crippen LogP contribution in [0.3, 0.4) is 0 Å². The Morgan fingerprint density at radius 3 is 2.74 bits per heavy atom. The fraction of sp³-hybridized carbons (Fsp3) is 0.133. The highest BCUT2D eigenvalue weighted by molar-refractivity contribution is 7.99. The lowest BCUT2D eigenvalue weighted by molar-refractivity contribution is 0.102. The van der Waals surface area contributed by atoms with Gasteiger partial charge in [0, 0.05) is 11.1 Å². The Morgan fingerprint density at radius 2 is 2.13 bits per heavy atom. The maximum absolute atomic E-state index is 13.3. The molecule has 2 rings (SSSR count). The van der Waals surface area contributed by atoms with Gasteiger partial charge in [-0.1, -0.05) is 0 Å². The van der Waals surface area contributed by atoms with Crippen molar-refractivity contribution in [3.8, 4) is 6.07 Å². The molecule has 2 aromatic rings. The van der Waals surface area contributed by atoms with Gasteiger partial charge in [0.25, 0.3) is 5.91 Å². The van der Waals surface area contributed by atoms with E-state index in [-0.39, 0.29) is 11.4 Å². The van der Waals surface area contributed by atoms with Gasteiger partial charge in [0.1, 0.15) is 17.6 Å². The molecule has 4 nitrogen and oxygen atoms in total. The lowest BCUT2D eigenvalue weighted by Crippen LogP contribution is -2.14. The van der Waals surface area contributed by atoms with Crippen LogP contribution in [0.2, 0.25) is 0 Å². The van der Waals surface area contributed by atoms with Crippen molar-refractivity contribution in [2.45, 2.75) is 11.3 Å². The van der Waals surface area contributed by atoms with Crippen LogP contribution < -0.4 is 5.32 Å². The topological polar surface area (TPSA) is 65.8 Å². The number of anilines is 1. The molecular weight excluding hydrogens is 327 g/mol. The second-order valence-corrected chi connectivity index (χ2v) is 5.40. The van der Waals surface area contributed by atoms with Crippen LogP contribution in [0.1, 0.15) is 16.1 Å². The van der Waals surface area contributed by atoms with Gasteiger partial charge < -0.3 is 5.32 Å². The predicted octanol–water partition coefficient (Wildman–Crippen LogP) is 3.70. The first-order valence-corrected chi connectivity index (χ1v) is 7.36. The molecule has 0 aliphatic carbocycles. The van der Waals surface area contributed by atoms with Crippen LogP contribution in [-0.2, 0) is 0 Å². The summed E-state index contributed by atoms with van der Waals surface area (Å²) >= 11 is 0.812. The van der Waals surface area contributed by atoms with Gasteiger partial charge in [-0.05, 0) is 30.3 Å². The minimum absolute atomic E-state index is 0.0260. The molecule has 1 amide bonds. The minimum Gasteiger partial charge on any atom is -0.320 e. The number of benzene rings is 1. The number of carbonyl (C=O) groups is 1. The molecule has 0 saturated carbocycles. The molecule has 0 radical (unpaired) electrons. The Hall–Kier alpha value is -2.53. The van der Waals surface area contributed by atoms with Gasteiger partial charge >= 0.3 is 0 Å². The highest BCUT2D eigenvalue weighted by Gasteiger charge is 2.13. The number of nitrogens with zero attached hydrogens (tertiary/aromatic N) is 2. The summed E-state index contributed by atoms with van der Waals surface area (Å²) in [6.45, 7) is 0. The van der Waals surface area contributed by atoms with E-state index >= 15 is 0 Å². The molecule has 0 fully saturated rings. The number of hydrogen-bond acceptors (Lipinski definition) is 4. The maximum atomic E-state index is 13.3. The number of alkyl halides is 2. The van der Waals surface area contributed by atoms with E-state index in [1.165, 1.54) is 24.4 Å². The lowest BCUT2D eigenvalue weighted by Gasteiger charge is -2.10. The van der Waals surface area contributed by atoms with Crippen LogP contribution in [0, 0.1) is 17.1 Å². The number of nitrogens with one attached hydrogen (secondary N) is 1. The summed E-state index contributed by atoms with van der Waals surface area (Å²) in [6.07, 6.45) is -1.29. The predicted molar refractivity (Wildman–Crippen MR) is 80.0 cm³/mol. The number of aromatic nitrogens is 1. The third-order valence-corrected chi connectivity index (χ3v) is 3.77. The number of rotatable bonds is 5. The van der Waals surface area contributed by atoms with E-state index in [4.69, 9.17) is 5.26 Å². The molecule has 0 bridgehead atoms. The molecule has 0 saturated heterocycles. The largest absolute Gasteiger partial charge is 0.320 e. The van der Waals surface area contributed by atoms with Gasteiger partial charge in [-0.2, -0.15) is 5.26 Å². The Labute approximate surface area is 134 Å². The Bertz CT molecular complexity index is 745. The Kier molecular flexibility index (Phi) is 5.60. The summed E-state index contributed by atoms with van der Waals surface area (Å²) < 4.78 is 38.0. The van der Waals surface area contributed by atoms with Crippen LogP contribution in [0.25, 0.3) is 0 Å². The molecule has 118 valence electrons. The van der Waals surface area contributed by atoms with Crippen molar-refractivity contribution in [1.82, 2.24) is 4.98 Å². The molecule has 0 atom stereocenters. The molecule has 1 aromatic carbocycles. The zero-order valence-electron chi connectivity index (χ0n) is 11.6. The molecule has 0 spiro atoms. The molecule has 0 unspecified atom stereocenters. The van der Waals surface area contributed by atoms with Crippen molar-refractivity contribution < 1.29 is 18.0 Å². The highest BCUT2D eigenvalue weighted by atomic mass is 32.2. The average Bonchev–Trinajstić information content (AvgIpc) is 2.54. The number of pyridine rings is 1. The summed E-state index contributed by atoms with van der Waals surface area (Å²) in [5.41, 5.74) is 0.408.